The lowest BCUT2D eigenvalue weighted by molar-refractivity contribution is -0.385. The summed E-state index contributed by atoms with van der Waals surface area (Å²) in [6.07, 6.45) is 2.07. The van der Waals surface area contributed by atoms with E-state index >= 15 is 0 Å². The molecule has 0 saturated carbocycles. The number of hydrogen-bond acceptors (Lipinski definition) is 5. The van der Waals surface area contributed by atoms with Crippen LogP contribution in [0.1, 0.15) is 18.1 Å². The van der Waals surface area contributed by atoms with Gasteiger partial charge in [-0.05, 0) is 30.9 Å². The van der Waals surface area contributed by atoms with Gasteiger partial charge in [-0.25, -0.2) is 0 Å². The molecule has 0 atom stereocenters. The average Bonchev–Trinajstić information content (AvgIpc) is 2.75. The molecule has 0 fully saturated rings. The van der Waals surface area contributed by atoms with E-state index in [1.165, 1.54) is 17.0 Å². The minimum atomic E-state index is -0.398. The predicted molar refractivity (Wildman–Crippen MR) is 80.3 cm³/mol. The molecule has 104 valence electrons. The van der Waals surface area contributed by atoms with E-state index < -0.39 is 4.92 Å². The lowest BCUT2D eigenvalue weighted by atomic mass is 10.1. The van der Waals surface area contributed by atoms with Gasteiger partial charge in [0.1, 0.15) is 0 Å². The molecule has 0 aliphatic heterocycles. The van der Waals surface area contributed by atoms with Crippen LogP contribution in [0.25, 0.3) is 0 Å². The Morgan fingerprint density at radius 2 is 2.05 bits per heavy atom. The second-order valence-corrected chi connectivity index (χ2v) is 4.69. The van der Waals surface area contributed by atoms with Crippen LogP contribution in [-0.2, 0) is 6.42 Å². The maximum absolute atomic E-state index is 11.0. The minimum Gasteiger partial charge on any atom is -0.273 e. The number of nitro groups is 1. The van der Waals surface area contributed by atoms with E-state index in [1.54, 1.807) is 12.1 Å². The summed E-state index contributed by atoms with van der Waals surface area (Å²) in [4.78, 5) is 10.6. The highest BCUT2D eigenvalue weighted by molar-refractivity contribution is 7.72. The largest absolute Gasteiger partial charge is 0.273 e. The fourth-order valence-corrected chi connectivity index (χ4v) is 2.10. The van der Waals surface area contributed by atoms with Crippen molar-refractivity contribution in [2.45, 2.75) is 13.3 Å². The van der Waals surface area contributed by atoms with Gasteiger partial charge in [0.2, 0.25) is 9.54 Å². The molecule has 1 aromatic heterocycles. The van der Waals surface area contributed by atoms with Crippen molar-refractivity contribution in [3.05, 3.63) is 49.0 Å². The van der Waals surface area contributed by atoms with E-state index in [0.29, 0.717) is 27.1 Å². The van der Waals surface area contributed by atoms with Crippen LogP contribution in [0, 0.1) is 19.7 Å². The maximum Gasteiger partial charge on any atom is 0.273 e. The topological polar surface area (TPSA) is 92.0 Å². The fourth-order valence-electron chi connectivity index (χ4n) is 1.66. The second-order valence-electron chi connectivity index (χ2n) is 3.92. The number of aromatic nitrogens is 3. The molecule has 0 amide bonds. The third-order valence-corrected chi connectivity index (χ3v) is 3.22. The molecule has 2 N–H and O–H groups in total. The summed E-state index contributed by atoms with van der Waals surface area (Å²) < 4.78 is 1.97. The van der Waals surface area contributed by atoms with Crippen molar-refractivity contribution in [3.8, 4) is 0 Å². The smallest absolute Gasteiger partial charge is 0.273 e. The third kappa shape index (κ3) is 2.89. The fraction of sp³-hybridized carbons (Fsp3) is 0.182. The van der Waals surface area contributed by atoms with Gasteiger partial charge in [0, 0.05) is 17.2 Å². The van der Waals surface area contributed by atoms with E-state index in [4.69, 9.17) is 24.4 Å². The van der Waals surface area contributed by atoms with Gasteiger partial charge in [-0.3, -0.25) is 20.3 Å². The Morgan fingerprint density at radius 1 is 1.40 bits per heavy atom. The summed E-state index contributed by atoms with van der Waals surface area (Å²) in [7, 11) is 0. The van der Waals surface area contributed by atoms with Crippen molar-refractivity contribution < 1.29 is 4.92 Å². The standard InChI is InChI=1S/C11H11N5O2S2/c1-2-8-4-3-7(5-9(8)16(17)18)6-12-15-10(19)13-14-11(15)20/h3-6H,2H2,1H3,(H,13,19)(H,14,20)/b12-6-. The molecule has 2 aromatic rings. The lowest BCUT2D eigenvalue weighted by Crippen LogP contribution is -1.97. The minimum absolute atomic E-state index is 0.0827. The molecule has 0 aliphatic carbocycles. The van der Waals surface area contributed by atoms with Crippen molar-refractivity contribution in [2.24, 2.45) is 5.10 Å². The van der Waals surface area contributed by atoms with Gasteiger partial charge in [-0.1, -0.05) is 19.1 Å². The molecular weight excluding hydrogens is 298 g/mol. The first-order valence-electron chi connectivity index (χ1n) is 5.74. The highest BCUT2D eigenvalue weighted by atomic mass is 32.1. The van der Waals surface area contributed by atoms with Crippen molar-refractivity contribution in [1.29, 1.82) is 0 Å². The van der Waals surface area contributed by atoms with Gasteiger partial charge in [-0.2, -0.15) is 9.78 Å². The summed E-state index contributed by atoms with van der Waals surface area (Å²) in [6.45, 7) is 1.87. The van der Waals surface area contributed by atoms with Crippen LogP contribution in [0.3, 0.4) is 0 Å². The van der Waals surface area contributed by atoms with E-state index in [-0.39, 0.29) is 5.69 Å². The first-order valence-corrected chi connectivity index (χ1v) is 6.56. The van der Waals surface area contributed by atoms with Crippen molar-refractivity contribution in [2.75, 3.05) is 0 Å². The number of H-pyrrole nitrogens is 2. The number of rotatable bonds is 4. The molecular formula is C11H11N5O2S2. The first-order chi connectivity index (χ1) is 9.52. The van der Waals surface area contributed by atoms with Crippen LogP contribution >= 0.6 is 24.4 Å². The second kappa shape index (κ2) is 5.88. The third-order valence-electron chi connectivity index (χ3n) is 2.67. The highest BCUT2D eigenvalue weighted by Gasteiger charge is 2.12. The van der Waals surface area contributed by atoms with Crippen LogP contribution in [0.15, 0.2) is 23.3 Å². The normalized spacial score (nSPS) is 11.1. The Morgan fingerprint density at radius 3 is 2.60 bits per heavy atom. The molecule has 7 nitrogen and oxygen atoms in total. The van der Waals surface area contributed by atoms with Crippen molar-refractivity contribution >= 4 is 36.3 Å². The number of aryl methyl sites for hydroxylation is 1. The van der Waals surface area contributed by atoms with E-state index in [2.05, 4.69) is 15.3 Å². The van der Waals surface area contributed by atoms with E-state index in [1.807, 2.05) is 6.92 Å². The molecule has 2 rings (SSSR count). The van der Waals surface area contributed by atoms with Gasteiger partial charge in [0.25, 0.3) is 5.69 Å². The molecule has 9 heteroatoms. The Balaban J connectivity index is 2.40. The van der Waals surface area contributed by atoms with Gasteiger partial charge in [-0.15, -0.1) is 0 Å². The molecule has 0 saturated heterocycles. The number of benzene rings is 1. The first kappa shape index (κ1) is 14.3. The number of aromatic amines is 2. The molecule has 1 heterocycles. The summed E-state index contributed by atoms with van der Waals surface area (Å²) >= 11 is 9.97. The van der Waals surface area contributed by atoms with Crippen LogP contribution in [-0.4, -0.2) is 26.0 Å². The van der Waals surface area contributed by atoms with Crippen LogP contribution < -0.4 is 0 Å². The van der Waals surface area contributed by atoms with Crippen molar-refractivity contribution in [3.63, 3.8) is 0 Å². The number of nitrogens with zero attached hydrogens (tertiary/aromatic N) is 3. The monoisotopic (exact) mass is 309 g/mol. The number of hydrogen-bond donors (Lipinski definition) is 2. The Kier molecular flexibility index (Phi) is 4.20. The summed E-state index contributed by atoms with van der Waals surface area (Å²) in [5.41, 5.74) is 1.37. The van der Waals surface area contributed by atoms with E-state index in [9.17, 15) is 10.1 Å². The Bertz CT molecular complexity index is 759. The zero-order valence-electron chi connectivity index (χ0n) is 10.5. The zero-order chi connectivity index (χ0) is 14.7. The summed E-state index contributed by atoms with van der Waals surface area (Å²) in [6, 6.07) is 4.96. The zero-order valence-corrected chi connectivity index (χ0v) is 12.1. The van der Waals surface area contributed by atoms with Crippen LogP contribution in [0.2, 0.25) is 0 Å². The number of nitrogens with one attached hydrogen (secondary N) is 2. The SMILES string of the molecule is CCc1ccc(/C=N\n2c(=S)[nH][nH]c2=S)cc1[N+](=O)[O-]. The maximum atomic E-state index is 11.0. The van der Waals surface area contributed by atoms with E-state index in [0.717, 1.165) is 0 Å². The van der Waals surface area contributed by atoms with Gasteiger partial charge in [0.15, 0.2) is 0 Å². The summed E-state index contributed by atoms with van der Waals surface area (Å²) in [5.74, 6) is 0. The molecule has 0 aliphatic rings. The lowest BCUT2D eigenvalue weighted by Gasteiger charge is -2.00. The Labute approximate surface area is 124 Å². The molecule has 0 bridgehead atoms. The molecule has 0 unspecified atom stereocenters. The summed E-state index contributed by atoms with van der Waals surface area (Å²) in [5, 5.41) is 20.4. The van der Waals surface area contributed by atoms with Crippen molar-refractivity contribution in [1.82, 2.24) is 14.9 Å². The van der Waals surface area contributed by atoms with Gasteiger partial charge >= 0.3 is 0 Å². The van der Waals surface area contributed by atoms with Gasteiger partial charge in [0.05, 0.1) is 11.1 Å². The quantitative estimate of drug-likeness (QED) is 0.393. The molecule has 1 aromatic carbocycles. The van der Waals surface area contributed by atoms with Crippen LogP contribution in [0.5, 0.6) is 0 Å². The van der Waals surface area contributed by atoms with Crippen LogP contribution in [0.4, 0.5) is 5.69 Å². The van der Waals surface area contributed by atoms with Gasteiger partial charge < -0.3 is 0 Å². The molecule has 0 radical (unpaired) electrons. The molecule has 0 spiro atoms. The Hall–Kier alpha value is -2.13. The number of nitro benzene ring substituents is 1. The molecule has 20 heavy (non-hydrogen) atoms. The average molecular weight is 309 g/mol. The predicted octanol–water partition coefficient (Wildman–Crippen LogP) is 2.96. The highest BCUT2D eigenvalue weighted by Crippen LogP contribution is 2.20.